The van der Waals surface area contributed by atoms with Gasteiger partial charge in [0, 0.05) is 19.4 Å². The highest BCUT2D eigenvalue weighted by atomic mass is 35.5. The largest absolute Gasteiger partial charge is 0.275 e. The van der Waals surface area contributed by atoms with Crippen molar-refractivity contribution < 1.29 is 8.42 Å². The van der Waals surface area contributed by atoms with Crippen LogP contribution in [0, 0.1) is 6.92 Å². The Morgan fingerprint density at radius 2 is 1.94 bits per heavy atom. The van der Waals surface area contributed by atoms with Crippen LogP contribution < -0.4 is 4.31 Å². The first-order chi connectivity index (χ1) is 8.43. The number of hydrogen-bond acceptors (Lipinski definition) is 5. The van der Waals surface area contributed by atoms with Crippen LogP contribution in [0.5, 0.6) is 0 Å². The van der Waals surface area contributed by atoms with Gasteiger partial charge in [0.1, 0.15) is 0 Å². The molecule has 0 N–H and O–H groups in total. The lowest BCUT2D eigenvalue weighted by molar-refractivity contribution is 0.595. The van der Waals surface area contributed by atoms with Gasteiger partial charge in [-0.2, -0.15) is 0 Å². The van der Waals surface area contributed by atoms with Crippen LogP contribution >= 0.6 is 22.9 Å². The van der Waals surface area contributed by atoms with Gasteiger partial charge in [-0.05, 0) is 19.1 Å². The van der Waals surface area contributed by atoms with Crippen molar-refractivity contribution in [2.75, 3.05) is 11.4 Å². The predicted molar refractivity (Wildman–Crippen MR) is 71.7 cm³/mol. The summed E-state index contributed by atoms with van der Waals surface area (Å²) >= 11 is 6.69. The van der Waals surface area contributed by atoms with Gasteiger partial charge in [0.2, 0.25) is 0 Å². The summed E-state index contributed by atoms with van der Waals surface area (Å²) < 4.78 is 26.3. The second-order valence-electron chi connectivity index (χ2n) is 3.52. The van der Waals surface area contributed by atoms with E-state index in [1.807, 2.05) is 0 Å². The van der Waals surface area contributed by atoms with E-state index in [0.29, 0.717) is 11.4 Å². The fourth-order valence-electron chi connectivity index (χ4n) is 1.41. The van der Waals surface area contributed by atoms with E-state index >= 15 is 0 Å². The number of pyridine rings is 1. The molecule has 2 rings (SSSR count). The summed E-state index contributed by atoms with van der Waals surface area (Å²) in [5, 5.41) is 0. The zero-order chi connectivity index (χ0) is 13.3. The number of hydrogen-bond donors (Lipinski definition) is 0. The summed E-state index contributed by atoms with van der Waals surface area (Å²) in [4.78, 5) is 7.77. The Kier molecular flexibility index (Phi) is 3.56. The summed E-state index contributed by atoms with van der Waals surface area (Å²) in [6.07, 6.45) is 3.07. The quantitative estimate of drug-likeness (QED) is 0.873. The van der Waals surface area contributed by atoms with Crippen molar-refractivity contribution in [2.45, 2.75) is 11.1 Å². The molecule has 0 aliphatic carbocycles. The van der Waals surface area contributed by atoms with Gasteiger partial charge in [0.05, 0.1) is 11.4 Å². The Morgan fingerprint density at radius 1 is 1.33 bits per heavy atom. The van der Waals surface area contributed by atoms with E-state index in [9.17, 15) is 8.42 Å². The highest BCUT2D eigenvalue weighted by Crippen LogP contribution is 2.30. The monoisotopic (exact) mass is 303 g/mol. The average Bonchev–Trinajstić information content (AvgIpc) is 2.69. The molecule has 0 aliphatic heterocycles. The van der Waals surface area contributed by atoms with Gasteiger partial charge in [-0.25, -0.2) is 13.4 Å². The number of aromatic nitrogens is 2. The minimum Gasteiger partial charge on any atom is -0.269 e. The summed E-state index contributed by atoms with van der Waals surface area (Å²) in [6, 6.07) is 3.24. The molecule has 0 fully saturated rings. The number of nitrogens with zero attached hydrogens (tertiary/aromatic N) is 3. The topological polar surface area (TPSA) is 63.2 Å². The molecule has 2 aromatic heterocycles. The molecule has 2 aromatic rings. The maximum Gasteiger partial charge on any atom is 0.275 e. The lowest BCUT2D eigenvalue weighted by Gasteiger charge is -2.18. The van der Waals surface area contributed by atoms with Crippen LogP contribution in [0.4, 0.5) is 5.69 Å². The van der Waals surface area contributed by atoms with Crippen molar-refractivity contribution in [3.05, 3.63) is 34.7 Å². The molecule has 2 heterocycles. The van der Waals surface area contributed by atoms with Gasteiger partial charge in [-0.15, -0.1) is 0 Å². The maximum atomic E-state index is 12.4. The van der Waals surface area contributed by atoms with Crippen molar-refractivity contribution >= 4 is 38.6 Å². The fourth-order valence-corrected chi connectivity index (χ4v) is 4.49. The highest BCUT2D eigenvalue weighted by Gasteiger charge is 2.26. The minimum absolute atomic E-state index is 0.159. The molecule has 0 aromatic carbocycles. The molecule has 0 radical (unpaired) electrons. The highest BCUT2D eigenvalue weighted by molar-refractivity contribution is 7.94. The standard InChI is InChI=1S/C10H10ClN3O2S2/c1-7-9(17-10(11)13-7)18(15,16)14(2)8-3-5-12-6-4-8/h3-6H,1-2H3. The van der Waals surface area contributed by atoms with Crippen LogP contribution in [0.15, 0.2) is 28.7 Å². The van der Waals surface area contributed by atoms with E-state index in [0.717, 1.165) is 11.3 Å². The number of aryl methyl sites for hydroxylation is 1. The normalized spacial score (nSPS) is 11.5. The van der Waals surface area contributed by atoms with E-state index in [4.69, 9.17) is 11.6 Å². The van der Waals surface area contributed by atoms with Gasteiger partial charge in [-0.1, -0.05) is 22.9 Å². The van der Waals surface area contributed by atoms with Crippen LogP contribution in [0.3, 0.4) is 0 Å². The average molecular weight is 304 g/mol. The molecule has 0 unspecified atom stereocenters. The van der Waals surface area contributed by atoms with Crippen LogP contribution in [0.1, 0.15) is 5.69 Å². The molecule has 0 saturated heterocycles. The third-order valence-electron chi connectivity index (χ3n) is 2.35. The van der Waals surface area contributed by atoms with Crippen molar-refractivity contribution in [2.24, 2.45) is 0 Å². The number of halogens is 1. The Labute approximate surface area is 114 Å². The Bertz CT molecular complexity index is 655. The molecule has 8 heteroatoms. The molecular formula is C10H10ClN3O2S2. The van der Waals surface area contributed by atoms with Gasteiger partial charge in [0.15, 0.2) is 8.68 Å². The van der Waals surface area contributed by atoms with E-state index in [-0.39, 0.29) is 8.68 Å². The molecule has 0 aliphatic rings. The van der Waals surface area contributed by atoms with Crippen LogP contribution in [0.25, 0.3) is 0 Å². The third kappa shape index (κ3) is 2.33. The Hall–Kier alpha value is -1.18. The lowest BCUT2D eigenvalue weighted by atomic mass is 10.4. The molecule has 0 saturated carbocycles. The van der Waals surface area contributed by atoms with Crippen molar-refractivity contribution in [1.82, 2.24) is 9.97 Å². The summed E-state index contributed by atoms with van der Waals surface area (Å²) in [5.74, 6) is 0. The predicted octanol–water partition coefficient (Wildman–Crippen LogP) is 2.33. The maximum absolute atomic E-state index is 12.4. The van der Waals surface area contributed by atoms with Gasteiger partial charge in [-0.3, -0.25) is 9.29 Å². The molecule has 96 valence electrons. The van der Waals surface area contributed by atoms with Crippen molar-refractivity contribution in [3.8, 4) is 0 Å². The summed E-state index contributed by atoms with van der Waals surface area (Å²) in [7, 11) is -2.14. The molecule has 0 spiro atoms. The van der Waals surface area contributed by atoms with E-state index in [2.05, 4.69) is 9.97 Å². The third-order valence-corrected chi connectivity index (χ3v) is 5.98. The SMILES string of the molecule is Cc1nc(Cl)sc1S(=O)(=O)N(C)c1ccncc1. The number of thiazole rings is 1. The van der Waals surface area contributed by atoms with E-state index < -0.39 is 10.0 Å². The molecule has 0 atom stereocenters. The van der Waals surface area contributed by atoms with E-state index in [1.54, 1.807) is 19.1 Å². The first-order valence-electron chi connectivity index (χ1n) is 4.95. The number of anilines is 1. The zero-order valence-electron chi connectivity index (χ0n) is 9.66. The van der Waals surface area contributed by atoms with Crippen LogP contribution in [-0.2, 0) is 10.0 Å². The van der Waals surface area contributed by atoms with E-state index in [1.165, 1.54) is 23.7 Å². The van der Waals surface area contributed by atoms with Crippen LogP contribution in [0.2, 0.25) is 4.47 Å². The van der Waals surface area contributed by atoms with Crippen molar-refractivity contribution in [1.29, 1.82) is 0 Å². The summed E-state index contributed by atoms with van der Waals surface area (Å²) in [5.41, 5.74) is 0.944. The minimum atomic E-state index is -3.62. The first kappa shape index (κ1) is 13.3. The van der Waals surface area contributed by atoms with Gasteiger partial charge >= 0.3 is 0 Å². The Morgan fingerprint density at radius 3 is 2.44 bits per heavy atom. The second kappa shape index (κ2) is 4.83. The fraction of sp³-hybridized carbons (Fsp3) is 0.200. The molecule has 0 bridgehead atoms. The van der Waals surface area contributed by atoms with Gasteiger partial charge < -0.3 is 0 Å². The smallest absolute Gasteiger partial charge is 0.269 e. The van der Waals surface area contributed by atoms with Gasteiger partial charge in [0.25, 0.3) is 10.0 Å². The zero-order valence-corrected chi connectivity index (χ0v) is 12.1. The number of rotatable bonds is 3. The molecular weight excluding hydrogens is 294 g/mol. The second-order valence-corrected chi connectivity index (χ2v) is 7.26. The Balaban J connectivity index is 2.47. The van der Waals surface area contributed by atoms with Crippen molar-refractivity contribution in [3.63, 3.8) is 0 Å². The van der Waals surface area contributed by atoms with Crippen LogP contribution in [-0.4, -0.2) is 25.4 Å². The lowest BCUT2D eigenvalue weighted by Crippen LogP contribution is -2.26. The molecule has 18 heavy (non-hydrogen) atoms. The first-order valence-corrected chi connectivity index (χ1v) is 7.58. The molecule has 0 amide bonds. The number of sulfonamides is 1. The molecule has 5 nitrogen and oxygen atoms in total. The summed E-state index contributed by atoms with van der Waals surface area (Å²) in [6.45, 7) is 1.62.